The number of pyridine rings is 1. The van der Waals surface area contributed by atoms with Gasteiger partial charge in [0, 0.05) is 36.6 Å². The molecule has 176 valence electrons. The Morgan fingerprint density at radius 1 is 0.971 bits per heavy atom. The van der Waals surface area contributed by atoms with Crippen molar-refractivity contribution in [2.45, 2.75) is 6.54 Å². The van der Waals surface area contributed by atoms with Gasteiger partial charge in [-0.25, -0.2) is 0 Å². The normalized spacial score (nSPS) is 10.6. The molecule has 0 saturated heterocycles. The average molecular weight is 463 g/mol. The van der Waals surface area contributed by atoms with Gasteiger partial charge in [0.05, 0.1) is 21.3 Å². The Balaban J connectivity index is 1.58. The fraction of sp³-hybridized carbons (Fsp3) is 0.160. The van der Waals surface area contributed by atoms with E-state index >= 15 is 0 Å². The predicted molar refractivity (Wildman–Crippen MR) is 128 cm³/mol. The third-order valence-electron chi connectivity index (χ3n) is 4.87. The van der Waals surface area contributed by atoms with E-state index in [1.165, 1.54) is 45.9 Å². The molecule has 2 amide bonds. The van der Waals surface area contributed by atoms with Crippen molar-refractivity contribution >= 4 is 23.6 Å². The number of carbonyl (C=O) groups excluding carboxylic acids is 2. The molecule has 1 aromatic heterocycles. The molecule has 2 aromatic carbocycles. The molecule has 0 radical (unpaired) electrons. The Morgan fingerprint density at radius 2 is 1.65 bits per heavy atom. The van der Waals surface area contributed by atoms with E-state index in [1.54, 1.807) is 42.5 Å². The van der Waals surface area contributed by atoms with E-state index in [1.807, 2.05) is 0 Å². The zero-order chi connectivity index (χ0) is 24.5. The fourth-order valence-electron chi connectivity index (χ4n) is 3.10. The summed E-state index contributed by atoms with van der Waals surface area (Å²) in [6.07, 6.45) is 5.95. The highest BCUT2D eigenvalue weighted by molar-refractivity contribution is 6.04. The second kappa shape index (κ2) is 11.4. The van der Waals surface area contributed by atoms with Gasteiger partial charge in [0.25, 0.3) is 5.91 Å². The van der Waals surface area contributed by atoms with Crippen LogP contribution in [0, 0.1) is 0 Å². The summed E-state index contributed by atoms with van der Waals surface area (Å²) in [7, 11) is 4.56. The topological polar surface area (TPSA) is 119 Å². The van der Waals surface area contributed by atoms with E-state index in [9.17, 15) is 14.4 Å². The van der Waals surface area contributed by atoms with Crippen LogP contribution in [0.25, 0.3) is 6.08 Å². The summed E-state index contributed by atoms with van der Waals surface area (Å²) in [5.41, 5.74) is 1.79. The first-order valence-electron chi connectivity index (χ1n) is 10.3. The van der Waals surface area contributed by atoms with Gasteiger partial charge in [0.15, 0.2) is 11.5 Å². The number of anilines is 1. The Labute approximate surface area is 196 Å². The number of rotatable bonds is 9. The summed E-state index contributed by atoms with van der Waals surface area (Å²) in [5.74, 6) is 0.754. The third kappa shape index (κ3) is 6.04. The van der Waals surface area contributed by atoms with Crippen LogP contribution in [0.2, 0.25) is 0 Å². The lowest BCUT2D eigenvalue weighted by molar-refractivity contribution is -0.116. The molecular weight excluding hydrogens is 438 g/mol. The highest BCUT2D eigenvalue weighted by Crippen LogP contribution is 2.38. The van der Waals surface area contributed by atoms with Crippen LogP contribution >= 0.6 is 0 Å². The predicted octanol–water partition coefficient (Wildman–Crippen LogP) is 2.98. The minimum Gasteiger partial charge on any atom is -0.493 e. The lowest BCUT2D eigenvalue weighted by Gasteiger charge is -2.12. The second-order valence-corrected chi connectivity index (χ2v) is 7.08. The van der Waals surface area contributed by atoms with Crippen molar-refractivity contribution in [1.29, 1.82) is 0 Å². The first-order chi connectivity index (χ1) is 16.4. The smallest absolute Gasteiger partial charge is 0.255 e. The summed E-state index contributed by atoms with van der Waals surface area (Å²) in [6, 6.07) is 11.5. The Kier molecular flexibility index (Phi) is 8.07. The fourth-order valence-corrected chi connectivity index (χ4v) is 3.10. The van der Waals surface area contributed by atoms with Gasteiger partial charge in [-0.15, -0.1) is 0 Å². The number of aromatic amines is 1. The van der Waals surface area contributed by atoms with Gasteiger partial charge < -0.3 is 29.8 Å². The maximum atomic E-state index is 12.3. The van der Waals surface area contributed by atoms with Crippen molar-refractivity contribution in [3.63, 3.8) is 0 Å². The van der Waals surface area contributed by atoms with Crippen molar-refractivity contribution < 1.29 is 23.8 Å². The average Bonchev–Trinajstić information content (AvgIpc) is 2.87. The minimum absolute atomic E-state index is 0.169. The van der Waals surface area contributed by atoms with Crippen molar-refractivity contribution in [2.75, 3.05) is 26.6 Å². The molecule has 34 heavy (non-hydrogen) atoms. The Morgan fingerprint density at radius 3 is 2.24 bits per heavy atom. The second-order valence-electron chi connectivity index (χ2n) is 7.08. The quantitative estimate of drug-likeness (QED) is 0.420. The first kappa shape index (κ1) is 24.1. The van der Waals surface area contributed by atoms with E-state index in [2.05, 4.69) is 15.6 Å². The number of hydrogen-bond acceptors (Lipinski definition) is 6. The summed E-state index contributed by atoms with van der Waals surface area (Å²) in [5, 5.41) is 5.35. The molecule has 0 fully saturated rings. The molecule has 0 spiro atoms. The Hall–Kier alpha value is -4.53. The number of hydrogen-bond donors (Lipinski definition) is 3. The third-order valence-corrected chi connectivity index (χ3v) is 4.87. The molecule has 1 heterocycles. The number of carbonyl (C=O) groups is 2. The number of amides is 2. The molecule has 9 nitrogen and oxygen atoms in total. The molecule has 0 unspecified atom stereocenters. The lowest BCUT2D eigenvalue weighted by Crippen LogP contribution is -2.20. The molecule has 3 rings (SSSR count). The monoisotopic (exact) mass is 463 g/mol. The lowest BCUT2D eigenvalue weighted by atomic mass is 10.1. The van der Waals surface area contributed by atoms with E-state index in [-0.39, 0.29) is 23.6 Å². The van der Waals surface area contributed by atoms with Gasteiger partial charge in [-0.05, 0) is 41.5 Å². The van der Waals surface area contributed by atoms with Crippen LogP contribution in [0.5, 0.6) is 17.2 Å². The van der Waals surface area contributed by atoms with Crippen LogP contribution in [-0.2, 0) is 11.3 Å². The van der Waals surface area contributed by atoms with Crippen LogP contribution in [-0.4, -0.2) is 38.1 Å². The molecular formula is C25H25N3O6. The number of H-pyrrole nitrogens is 1. The Bertz CT molecular complexity index is 1220. The standard InChI is InChI=1S/C25H25N3O6/c1-32-21-12-17(13-22(33-2)24(21)34-3)6-9-23(30)27-14-16-4-7-18(8-5-16)25(31)28-19-15-26-11-10-20(19)29/h4-13,15H,14H2,1-3H3,(H,26,29)(H,27,30)(H,28,31)/b9-6+. The molecule has 0 aliphatic rings. The molecule has 0 aliphatic heterocycles. The molecule has 3 aromatic rings. The van der Waals surface area contributed by atoms with Crippen LogP contribution in [0.4, 0.5) is 5.69 Å². The van der Waals surface area contributed by atoms with Gasteiger partial charge in [-0.1, -0.05) is 12.1 Å². The zero-order valence-electron chi connectivity index (χ0n) is 19.0. The molecule has 0 saturated carbocycles. The molecule has 9 heteroatoms. The number of ether oxygens (including phenoxy) is 3. The maximum absolute atomic E-state index is 12.3. The van der Waals surface area contributed by atoms with E-state index < -0.39 is 5.91 Å². The van der Waals surface area contributed by atoms with Gasteiger partial charge in [0.1, 0.15) is 5.69 Å². The van der Waals surface area contributed by atoms with Crippen molar-refractivity contribution in [2.24, 2.45) is 0 Å². The summed E-state index contributed by atoms with van der Waals surface area (Å²) in [4.78, 5) is 39.1. The van der Waals surface area contributed by atoms with Crippen LogP contribution in [0.3, 0.4) is 0 Å². The first-order valence-corrected chi connectivity index (χ1v) is 10.3. The van der Waals surface area contributed by atoms with Crippen molar-refractivity contribution in [1.82, 2.24) is 10.3 Å². The highest BCUT2D eigenvalue weighted by Gasteiger charge is 2.12. The molecule has 0 aliphatic carbocycles. The van der Waals surface area contributed by atoms with Gasteiger partial charge in [-0.2, -0.15) is 0 Å². The summed E-state index contributed by atoms with van der Waals surface area (Å²) < 4.78 is 15.9. The van der Waals surface area contributed by atoms with E-state index in [0.717, 1.165) is 5.56 Å². The van der Waals surface area contributed by atoms with E-state index in [0.29, 0.717) is 28.4 Å². The molecule has 3 N–H and O–H groups in total. The van der Waals surface area contributed by atoms with Crippen LogP contribution in [0.15, 0.2) is 65.7 Å². The SMILES string of the molecule is COc1cc(/C=C/C(=O)NCc2ccc(C(=O)Nc3c[nH]ccc3=O)cc2)cc(OC)c1OC. The number of methoxy groups -OCH3 is 3. The number of benzene rings is 2. The highest BCUT2D eigenvalue weighted by atomic mass is 16.5. The number of aromatic nitrogens is 1. The molecule has 0 atom stereocenters. The maximum Gasteiger partial charge on any atom is 0.255 e. The summed E-state index contributed by atoms with van der Waals surface area (Å²) >= 11 is 0. The van der Waals surface area contributed by atoms with Crippen LogP contribution < -0.4 is 30.3 Å². The molecule has 0 bridgehead atoms. The number of nitrogens with one attached hydrogen (secondary N) is 3. The zero-order valence-corrected chi connectivity index (χ0v) is 19.0. The van der Waals surface area contributed by atoms with Crippen LogP contribution in [0.1, 0.15) is 21.5 Å². The summed E-state index contributed by atoms with van der Waals surface area (Å²) in [6.45, 7) is 0.276. The van der Waals surface area contributed by atoms with Gasteiger partial charge in [-0.3, -0.25) is 14.4 Å². The van der Waals surface area contributed by atoms with Crippen molar-refractivity contribution in [3.8, 4) is 17.2 Å². The van der Waals surface area contributed by atoms with Gasteiger partial charge >= 0.3 is 0 Å². The minimum atomic E-state index is -0.402. The van der Waals surface area contributed by atoms with Gasteiger partial charge in [0.2, 0.25) is 17.1 Å². The van der Waals surface area contributed by atoms with Crippen molar-refractivity contribution in [3.05, 3.63) is 87.8 Å². The largest absolute Gasteiger partial charge is 0.493 e. The van der Waals surface area contributed by atoms with E-state index in [4.69, 9.17) is 14.2 Å².